The number of fused-ring (bicyclic) bond motifs is 1. The minimum atomic E-state index is 0.0829. The van der Waals surface area contributed by atoms with Gasteiger partial charge >= 0.3 is 6.03 Å². The lowest BCUT2D eigenvalue weighted by Crippen LogP contribution is -2.52. The summed E-state index contributed by atoms with van der Waals surface area (Å²) in [6, 6.07) is 0.411. The first-order valence-corrected chi connectivity index (χ1v) is 6.27. The van der Waals surface area contributed by atoms with Crippen LogP contribution in [0, 0.1) is 0 Å². The molecule has 1 aromatic heterocycles. The van der Waals surface area contributed by atoms with E-state index in [0.717, 1.165) is 39.3 Å². The molecule has 1 aromatic rings. The van der Waals surface area contributed by atoms with E-state index in [9.17, 15) is 4.79 Å². The number of nitrogens with two attached hydrogens (primary N) is 1. The zero-order chi connectivity index (χ0) is 12.5. The van der Waals surface area contributed by atoms with E-state index in [1.807, 2.05) is 15.8 Å². The molecule has 3 heterocycles. The first-order valence-electron chi connectivity index (χ1n) is 6.27. The van der Waals surface area contributed by atoms with Gasteiger partial charge in [-0.2, -0.15) is 5.10 Å². The predicted octanol–water partition coefficient (Wildman–Crippen LogP) is -0.825. The van der Waals surface area contributed by atoms with E-state index in [2.05, 4.69) is 15.3 Å². The molecule has 98 valence electrons. The van der Waals surface area contributed by atoms with Crippen molar-refractivity contribution in [2.45, 2.75) is 12.6 Å². The number of nitrogen functional groups attached to an aromatic ring is 1. The minimum Gasteiger partial charge on any atom is -0.396 e. The van der Waals surface area contributed by atoms with Crippen molar-refractivity contribution in [3.8, 4) is 0 Å². The van der Waals surface area contributed by atoms with Gasteiger partial charge in [-0.25, -0.2) is 4.79 Å². The molecule has 0 bridgehead atoms. The molecule has 2 aliphatic rings. The molecule has 0 radical (unpaired) electrons. The van der Waals surface area contributed by atoms with Crippen LogP contribution in [0.3, 0.4) is 0 Å². The summed E-state index contributed by atoms with van der Waals surface area (Å²) in [5.41, 5.74) is 6.32. The summed E-state index contributed by atoms with van der Waals surface area (Å²) in [5, 5.41) is 7.05. The van der Waals surface area contributed by atoms with Gasteiger partial charge in [0.05, 0.1) is 24.5 Å². The summed E-state index contributed by atoms with van der Waals surface area (Å²) >= 11 is 0. The molecule has 2 aliphatic heterocycles. The highest BCUT2D eigenvalue weighted by Gasteiger charge is 2.35. The highest BCUT2D eigenvalue weighted by atomic mass is 16.2. The summed E-state index contributed by atoms with van der Waals surface area (Å²) in [6.07, 6.45) is 3.51. The summed E-state index contributed by atoms with van der Waals surface area (Å²) in [4.78, 5) is 15.8. The molecule has 0 aliphatic carbocycles. The van der Waals surface area contributed by atoms with Crippen molar-refractivity contribution in [2.75, 3.05) is 38.5 Å². The fourth-order valence-electron chi connectivity index (χ4n) is 2.62. The number of anilines is 1. The Morgan fingerprint density at radius 1 is 1.44 bits per heavy atom. The molecule has 0 aromatic carbocycles. The van der Waals surface area contributed by atoms with Crippen molar-refractivity contribution in [3.05, 3.63) is 12.4 Å². The second kappa shape index (κ2) is 4.49. The van der Waals surface area contributed by atoms with Crippen molar-refractivity contribution in [1.29, 1.82) is 0 Å². The molecule has 2 amide bonds. The van der Waals surface area contributed by atoms with Crippen LogP contribution in [0.15, 0.2) is 12.4 Å². The molecule has 2 fully saturated rings. The average Bonchev–Trinajstić information content (AvgIpc) is 2.94. The van der Waals surface area contributed by atoms with Gasteiger partial charge in [0.25, 0.3) is 0 Å². The zero-order valence-corrected chi connectivity index (χ0v) is 10.2. The average molecular weight is 250 g/mol. The summed E-state index contributed by atoms with van der Waals surface area (Å²) in [5.74, 6) is 0. The van der Waals surface area contributed by atoms with Crippen LogP contribution in [-0.4, -0.2) is 64.4 Å². The number of nitrogens with one attached hydrogen (secondary N) is 1. The second-order valence-corrected chi connectivity index (χ2v) is 4.87. The Kier molecular flexibility index (Phi) is 2.83. The Labute approximate surface area is 106 Å². The van der Waals surface area contributed by atoms with Crippen molar-refractivity contribution in [2.24, 2.45) is 0 Å². The molecule has 1 unspecified atom stereocenters. The maximum absolute atomic E-state index is 11.5. The molecule has 3 rings (SSSR count). The third-order valence-electron chi connectivity index (χ3n) is 3.62. The molecule has 18 heavy (non-hydrogen) atoms. The van der Waals surface area contributed by atoms with Crippen LogP contribution in [-0.2, 0) is 6.54 Å². The molecule has 3 N–H and O–H groups in total. The summed E-state index contributed by atoms with van der Waals surface area (Å²) in [7, 11) is 0. The summed E-state index contributed by atoms with van der Waals surface area (Å²) in [6.45, 7) is 5.24. The standard InChI is InChI=1S/C11H18N6O/c12-9-5-14-16(7-9)3-1-15-2-4-17-10(8-15)6-13-11(17)18/h5,7,10H,1-4,6,8,12H2,(H,13,18). The smallest absolute Gasteiger partial charge is 0.317 e. The normalized spacial score (nSPS) is 24.1. The number of hydrogen-bond acceptors (Lipinski definition) is 4. The van der Waals surface area contributed by atoms with Crippen LogP contribution >= 0.6 is 0 Å². The number of nitrogens with zero attached hydrogens (tertiary/aromatic N) is 4. The molecule has 7 heteroatoms. The molecular formula is C11H18N6O. The van der Waals surface area contributed by atoms with Gasteiger partial charge in [0, 0.05) is 38.9 Å². The van der Waals surface area contributed by atoms with Crippen LogP contribution < -0.4 is 11.1 Å². The number of piperazine rings is 1. The Hall–Kier alpha value is -1.76. The number of carbonyl (C=O) groups is 1. The van der Waals surface area contributed by atoms with Gasteiger partial charge in [-0.05, 0) is 0 Å². The van der Waals surface area contributed by atoms with Gasteiger partial charge in [-0.1, -0.05) is 0 Å². The number of rotatable bonds is 3. The van der Waals surface area contributed by atoms with E-state index in [1.54, 1.807) is 6.20 Å². The first-order chi connectivity index (χ1) is 8.72. The maximum atomic E-state index is 11.5. The Bertz CT molecular complexity index is 444. The van der Waals surface area contributed by atoms with Crippen molar-refractivity contribution < 1.29 is 4.79 Å². The maximum Gasteiger partial charge on any atom is 0.317 e. The molecule has 0 spiro atoms. The molecule has 7 nitrogen and oxygen atoms in total. The fourth-order valence-corrected chi connectivity index (χ4v) is 2.62. The van der Waals surface area contributed by atoms with E-state index in [-0.39, 0.29) is 6.03 Å². The fraction of sp³-hybridized carbons (Fsp3) is 0.636. The van der Waals surface area contributed by atoms with E-state index >= 15 is 0 Å². The van der Waals surface area contributed by atoms with Crippen molar-refractivity contribution in [1.82, 2.24) is 24.9 Å². The Morgan fingerprint density at radius 3 is 3.11 bits per heavy atom. The second-order valence-electron chi connectivity index (χ2n) is 4.87. The van der Waals surface area contributed by atoms with Crippen LogP contribution in [0.2, 0.25) is 0 Å². The molecular weight excluding hydrogens is 232 g/mol. The summed E-state index contributed by atoms with van der Waals surface area (Å²) < 4.78 is 1.86. The van der Waals surface area contributed by atoms with Gasteiger partial charge in [0.2, 0.25) is 0 Å². The predicted molar refractivity (Wildman–Crippen MR) is 67.0 cm³/mol. The topological polar surface area (TPSA) is 79.4 Å². The van der Waals surface area contributed by atoms with Crippen molar-refractivity contribution in [3.63, 3.8) is 0 Å². The lowest BCUT2D eigenvalue weighted by molar-refractivity contribution is 0.118. The van der Waals surface area contributed by atoms with Gasteiger partial charge in [-0.3, -0.25) is 9.58 Å². The third-order valence-corrected chi connectivity index (χ3v) is 3.62. The van der Waals surface area contributed by atoms with E-state index in [4.69, 9.17) is 5.73 Å². The lowest BCUT2D eigenvalue weighted by Gasteiger charge is -2.36. The van der Waals surface area contributed by atoms with Gasteiger partial charge in [-0.15, -0.1) is 0 Å². The Morgan fingerprint density at radius 2 is 2.33 bits per heavy atom. The van der Waals surface area contributed by atoms with Crippen molar-refractivity contribution >= 4 is 11.7 Å². The molecule has 1 atom stereocenters. The highest BCUT2D eigenvalue weighted by molar-refractivity contribution is 5.77. The van der Waals surface area contributed by atoms with E-state index in [0.29, 0.717) is 11.7 Å². The quantitative estimate of drug-likeness (QED) is 0.734. The monoisotopic (exact) mass is 250 g/mol. The van der Waals surface area contributed by atoms with Gasteiger partial charge < -0.3 is 16.0 Å². The first kappa shape index (κ1) is 11.3. The van der Waals surface area contributed by atoms with Gasteiger partial charge in [0.15, 0.2) is 0 Å². The SMILES string of the molecule is Nc1cnn(CCN2CCN3C(=O)NCC3C2)c1. The number of carbonyl (C=O) groups excluding carboxylic acids is 1. The van der Waals surface area contributed by atoms with Gasteiger partial charge in [0.1, 0.15) is 0 Å². The lowest BCUT2D eigenvalue weighted by atomic mass is 10.2. The van der Waals surface area contributed by atoms with Crippen LogP contribution in [0.4, 0.5) is 10.5 Å². The number of hydrogen-bond donors (Lipinski definition) is 2. The number of amides is 2. The number of aromatic nitrogens is 2. The molecule has 0 saturated carbocycles. The zero-order valence-electron chi connectivity index (χ0n) is 10.2. The third kappa shape index (κ3) is 2.13. The largest absolute Gasteiger partial charge is 0.396 e. The van der Waals surface area contributed by atoms with Crippen LogP contribution in [0.5, 0.6) is 0 Å². The van der Waals surface area contributed by atoms with E-state index in [1.165, 1.54) is 0 Å². The molecule has 2 saturated heterocycles. The number of urea groups is 1. The Balaban J connectivity index is 1.51. The van der Waals surface area contributed by atoms with Crippen LogP contribution in [0.25, 0.3) is 0 Å². The van der Waals surface area contributed by atoms with E-state index < -0.39 is 0 Å². The highest BCUT2D eigenvalue weighted by Crippen LogP contribution is 2.14. The van der Waals surface area contributed by atoms with Crippen LogP contribution in [0.1, 0.15) is 0 Å². The minimum absolute atomic E-state index is 0.0829.